The average molecular weight is 233 g/mol. The first-order valence-corrected chi connectivity index (χ1v) is 5.63. The van der Waals surface area contributed by atoms with Crippen molar-refractivity contribution >= 4 is 5.97 Å². The van der Waals surface area contributed by atoms with E-state index in [1.165, 1.54) is 32.6 Å². The van der Waals surface area contributed by atoms with E-state index in [0.717, 1.165) is 6.42 Å². The number of rotatable bonds is 5. The summed E-state index contributed by atoms with van der Waals surface area (Å²) in [5.41, 5.74) is 0. The lowest BCUT2D eigenvalue weighted by molar-refractivity contribution is -0.137. The number of unbranched alkanes of at least 4 members (excludes halogenated alkanes) is 3. The summed E-state index contributed by atoms with van der Waals surface area (Å²) < 4.78 is 0. The van der Waals surface area contributed by atoms with Crippen LogP contribution in [0.25, 0.3) is 0 Å². The van der Waals surface area contributed by atoms with E-state index >= 15 is 0 Å². The Labute approximate surface area is 99.6 Å². The second-order valence-corrected chi connectivity index (χ2v) is 3.07. The van der Waals surface area contributed by atoms with Crippen molar-refractivity contribution in [3.63, 3.8) is 0 Å². The van der Waals surface area contributed by atoms with Gasteiger partial charge in [0, 0.05) is 13.3 Å². The molecule has 0 spiro atoms. The largest absolute Gasteiger partial charge is 0.481 e. The molecule has 0 aliphatic carbocycles. The van der Waals surface area contributed by atoms with Gasteiger partial charge in [-0.2, -0.15) is 5.26 Å². The first-order chi connectivity index (χ1) is 7.10. The molecule has 3 N–H and O–H groups in total. The fourth-order valence-electron chi connectivity index (χ4n) is 0.714. The molecule has 4 heteroatoms. The molecule has 0 rings (SSSR count). The van der Waals surface area contributed by atoms with E-state index in [1.807, 2.05) is 6.92 Å². The van der Waals surface area contributed by atoms with E-state index in [-0.39, 0.29) is 5.48 Å². The Bertz CT molecular complexity index is 149. The second-order valence-electron chi connectivity index (χ2n) is 3.07. The molecule has 98 valence electrons. The van der Waals surface area contributed by atoms with Crippen LogP contribution in [0.15, 0.2) is 0 Å². The number of carboxylic acids is 1. The average Bonchev–Trinajstić information content (AvgIpc) is 2.16. The minimum atomic E-state index is -0.711. The summed E-state index contributed by atoms with van der Waals surface area (Å²) in [4.78, 5) is 9.60. The van der Waals surface area contributed by atoms with Gasteiger partial charge in [0.15, 0.2) is 0 Å². The van der Waals surface area contributed by atoms with E-state index in [2.05, 4.69) is 13.8 Å². The lowest BCUT2D eigenvalue weighted by Gasteiger charge is -1.86. The van der Waals surface area contributed by atoms with Crippen LogP contribution in [-0.2, 0) is 4.79 Å². The standard InChI is InChI=1S/C6H14.C4H8O2.C2H3N.H2O/c1-3-5-6-4-2;1-2-3-4(5)6;1-2-3;/h3-6H2,1-2H3;2-3H2,1H3,(H,5,6);1H3;1H2. The molecule has 0 aliphatic rings. The molecule has 0 radical (unpaired) electrons. The third kappa shape index (κ3) is 75.8. The van der Waals surface area contributed by atoms with Crippen LogP contribution in [-0.4, -0.2) is 16.6 Å². The van der Waals surface area contributed by atoms with Gasteiger partial charge < -0.3 is 10.6 Å². The van der Waals surface area contributed by atoms with Gasteiger partial charge in [0.05, 0.1) is 6.07 Å². The van der Waals surface area contributed by atoms with Gasteiger partial charge in [-0.25, -0.2) is 0 Å². The highest BCUT2D eigenvalue weighted by Gasteiger charge is 1.87. The summed E-state index contributed by atoms with van der Waals surface area (Å²) in [5.74, 6) is -0.711. The Morgan fingerprint density at radius 1 is 1.12 bits per heavy atom. The molecular weight excluding hydrogens is 206 g/mol. The Hall–Kier alpha value is -1.08. The Kier molecular flexibility index (Phi) is 44.3. The zero-order valence-electron chi connectivity index (χ0n) is 11.0. The Morgan fingerprint density at radius 2 is 1.44 bits per heavy atom. The Balaban J connectivity index is -0.0000000692. The monoisotopic (exact) mass is 233 g/mol. The van der Waals surface area contributed by atoms with Crippen LogP contribution in [0.5, 0.6) is 0 Å². The molecule has 0 amide bonds. The van der Waals surface area contributed by atoms with E-state index in [0.29, 0.717) is 6.42 Å². The maximum atomic E-state index is 9.60. The highest BCUT2D eigenvalue weighted by molar-refractivity contribution is 5.66. The lowest BCUT2D eigenvalue weighted by atomic mass is 10.2. The molecule has 4 nitrogen and oxygen atoms in total. The van der Waals surface area contributed by atoms with Gasteiger partial charge >= 0.3 is 5.97 Å². The van der Waals surface area contributed by atoms with Crippen molar-refractivity contribution in [2.75, 3.05) is 0 Å². The third-order valence-electron chi connectivity index (χ3n) is 1.42. The van der Waals surface area contributed by atoms with E-state index in [1.54, 1.807) is 6.07 Å². The minimum absolute atomic E-state index is 0. The number of carbonyl (C=O) groups is 1. The van der Waals surface area contributed by atoms with Crippen LogP contribution >= 0.6 is 0 Å². The maximum Gasteiger partial charge on any atom is 0.303 e. The molecule has 0 atom stereocenters. The predicted molar refractivity (Wildman–Crippen MR) is 67.3 cm³/mol. The van der Waals surface area contributed by atoms with Gasteiger partial charge in [0.25, 0.3) is 0 Å². The SMILES string of the molecule is CC#N.CCCC(=O)O.CCCCCC.O. The summed E-state index contributed by atoms with van der Waals surface area (Å²) >= 11 is 0. The van der Waals surface area contributed by atoms with Crippen LogP contribution in [0.4, 0.5) is 0 Å². The number of carboxylic acid groups (broad SMARTS) is 1. The molecule has 0 saturated heterocycles. The number of nitriles is 1. The molecule has 0 unspecified atom stereocenters. The van der Waals surface area contributed by atoms with Crippen molar-refractivity contribution in [2.45, 2.75) is 66.2 Å². The summed E-state index contributed by atoms with van der Waals surface area (Å²) in [6.45, 7) is 7.74. The normalized spacial score (nSPS) is 6.94. The van der Waals surface area contributed by atoms with Crippen molar-refractivity contribution in [2.24, 2.45) is 0 Å². The number of aliphatic carboxylic acids is 1. The molecule has 0 aromatic carbocycles. The fourth-order valence-corrected chi connectivity index (χ4v) is 0.714. The summed E-state index contributed by atoms with van der Waals surface area (Å²) in [6, 6.07) is 1.75. The van der Waals surface area contributed by atoms with Crippen molar-refractivity contribution in [3.8, 4) is 6.07 Å². The van der Waals surface area contributed by atoms with Gasteiger partial charge in [-0.05, 0) is 6.42 Å². The van der Waals surface area contributed by atoms with Gasteiger partial charge in [-0.15, -0.1) is 0 Å². The molecule has 0 fully saturated rings. The lowest BCUT2D eigenvalue weighted by Crippen LogP contribution is -1.90. The molecular formula is C12H27NO3. The zero-order valence-corrected chi connectivity index (χ0v) is 11.0. The van der Waals surface area contributed by atoms with Gasteiger partial charge in [0.1, 0.15) is 0 Å². The topological polar surface area (TPSA) is 92.6 Å². The number of hydrogen-bond acceptors (Lipinski definition) is 2. The molecule has 0 bridgehead atoms. The van der Waals surface area contributed by atoms with Crippen LogP contribution in [0.1, 0.15) is 66.2 Å². The van der Waals surface area contributed by atoms with Crippen molar-refractivity contribution in [1.82, 2.24) is 0 Å². The van der Waals surface area contributed by atoms with Gasteiger partial charge in [0.2, 0.25) is 0 Å². The maximum absolute atomic E-state index is 9.60. The van der Waals surface area contributed by atoms with Crippen LogP contribution in [0, 0.1) is 11.3 Å². The predicted octanol–water partition coefficient (Wildman–Crippen LogP) is 3.16. The van der Waals surface area contributed by atoms with Crippen LogP contribution in [0.3, 0.4) is 0 Å². The summed E-state index contributed by atoms with van der Waals surface area (Å²) in [5, 5.41) is 15.2. The van der Waals surface area contributed by atoms with Gasteiger partial charge in [-0.1, -0.05) is 46.5 Å². The summed E-state index contributed by atoms with van der Waals surface area (Å²) in [6.07, 6.45) is 6.56. The molecule has 16 heavy (non-hydrogen) atoms. The first kappa shape index (κ1) is 24.2. The second kappa shape index (κ2) is 29.2. The quantitative estimate of drug-likeness (QED) is 0.739. The first-order valence-electron chi connectivity index (χ1n) is 5.63. The molecule has 0 saturated carbocycles. The van der Waals surface area contributed by atoms with Crippen molar-refractivity contribution in [3.05, 3.63) is 0 Å². The van der Waals surface area contributed by atoms with Crippen molar-refractivity contribution in [1.29, 1.82) is 5.26 Å². The van der Waals surface area contributed by atoms with E-state index < -0.39 is 5.97 Å². The Morgan fingerprint density at radius 3 is 1.50 bits per heavy atom. The van der Waals surface area contributed by atoms with E-state index in [4.69, 9.17) is 10.4 Å². The van der Waals surface area contributed by atoms with Gasteiger partial charge in [-0.3, -0.25) is 4.79 Å². The number of hydrogen-bond donors (Lipinski definition) is 1. The molecule has 0 aliphatic heterocycles. The summed E-state index contributed by atoms with van der Waals surface area (Å²) in [7, 11) is 0. The highest BCUT2D eigenvalue weighted by atomic mass is 16.4. The van der Waals surface area contributed by atoms with Crippen LogP contribution < -0.4 is 0 Å². The van der Waals surface area contributed by atoms with Crippen molar-refractivity contribution < 1.29 is 15.4 Å². The zero-order chi connectivity index (χ0) is 12.5. The van der Waals surface area contributed by atoms with E-state index in [9.17, 15) is 4.79 Å². The smallest absolute Gasteiger partial charge is 0.303 e. The highest BCUT2D eigenvalue weighted by Crippen LogP contribution is 1.95. The molecule has 0 heterocycles. The number of nitrogens with zero attached hydrogens (tertiary/aromatic N) is 1. The van der Waals surface area contributed by atoms with Crippen LogP contribution in [0.2, 0.25) is 0 Å². The molecule has 0 aromatic heterocycles. The third-order valence-corrected chi connectivity index (χ3v) is 1.42. The minimum Gasteiger partial charge on any atom is -0.481 e. The molecule has 0 aromatic rings. The fraction of sp³-hybridized carbons (Fsp3) is 0.833.